The van der Waals surface area contributed by atoms with E-state index >= 15 is 0 Å². The fraction of sp³-hybridized carbons (Fsp3) is 0.556. The van der Waals surface area contributed by atoms with E-state index in [1.807, 2.05) is 12.3 Å². The van der Waals surface area contributed by atoms with Crippen LogP contribution in [0.2, 0.25) is 0 Å². The van der Waals surface area contributed by atoms with Crippen LogP contribution in [0.25, 0.3) is 0 Å². The van der Waals surface area contributed by atoms with E-state index in [-0.39, 0.29) is 12.0 Å². The smallest absolute Gasteiger partial charge is 0.109 e. The summed E-state index contributed by atoms with van der Waals surface area (Å²) in [5, 5.41) is 14.9. The molecule has 0 amide bonds. The maximum atomic E-state index is 8.58. The second-order valence-electron chi connectivity index (χ2n) is 3.03. The lowest BCUT2D eigenvalue weighted by molar-refractivity contribution is 0.526. The summed E-state index contributed by atoms with van der Waals surface area (Å²) < 4.78 is 0. The largest absolute Gasteiger partial charge is 0.307 e. The Morgan fingerprint density at radius 3 is 3.00 bits per heavy atom. The van der Waals surface area contributed by atoms with Crippen LogP contribution in [0.5, 0.6) is 0 Å². The van der Waals surface area contributed by atoms with Crippen molar-refractivity contribution in [2.75, 3.05) is 6.54 Å². The maximum Gasteiger partial charge on any atom is 0.109 e. The summed E-state index contributed by atoms with van der Waals surface area (Å²) in [4.78, 5) is 4.19. The standard InChI is InChI=1S/C9H13N3S/c1-7(5-10)6-12-8(2)9-11-3-4-13-9/h3-4,7-8,12H,6H2,1-2H3. The highest BCUT2D eigenvalue weighted by molar-refractivity contribution is 7.09. The van der Waals surface area contributed by atoms with Crippen molar-refractivity contribution in [1.82, 2.24) is 10.3 Å². The van der Waals surface area contributed by atoms with Gasteiger partial charge in [0.05, 0.1) is 18.0 Å². The molecule has 4 heteroatoms. The van der Waals surface area contributed by atoms with Crippen molar-refractivity contribution in [3.8, 4) is 6.07 Å². The Balaban J connectivity index is 2.35. The highest BCUT2D eigenvalue weighted by Crippen LogP contribution is 2.14. The van der Waals surface area contributed by atoms with Gasteiger partial charge >= 0.3 is 0 Å². The van der Waals surface area contributed by atoms with Crippen LogP contribution >= 0.6 is 11.3 Å². The van der Waals surface area contributed by atoms with E-state index in [4.69, 9.17) is 5.26 Å². The highest BCUT2D eigenvalue weighted by Gasteiger charge is 2.08. The van der Waals surface area contributed by atoms with Gasteiger partial charge in [-0.1, -0.05) is 0 Å². The SMILES string of the molecule is CC(C#N)CNC(C)c1nccs1. The van der Waals surface area contributed by atoms with Gasteiger partial charge in [-0.05, 0) is 13.8 Å². The highest BCUT2D eigenvalue weighted by atomic mass is 32.1. The molecule has 1 aromatic heterocycles. The van der Waals surface area contributed by atoms with E-state index in [1.165, 1.54) is 0 Å². The number of hydrogen-bond acceptors (Lipinski definition) is 4. The fourth-order valence-electron chi connectivity index (χ4n) is 0.935. The van der Waals surface area contributed by atoms with E-state index in [0.717, 1.165) is 11.6 Å². The van der Waals surface area contributed by atoms with Gasteiger partial charge in [-0.2, -0.15) is 5.26 Å². The van der Waals surface area contributed by atoms with Crippen molar-refractivity contribution in [2.45, 2.75) is 19.9 Å². The van der Waals surface area contributed by atoms with Crippen LogP contribution in [-0.2, 0) is 0 Å². The Labute approximate surface area is 82.4 Å². The second-order valence-corrected chi connectivity index (χ2v) is 3.96. The molecule has 0 saturated heterocycles. The predicted octanol–water partition coefficient (Wildman–Crippen LogP) is 1.95. The number of hydrogen-bond donors (Lipinski definition) is 1. The van der Waals surface area contributed by atoms with E-state index < -0.39 is 0 Å². The summed E-state index contributed by atoms with van der Waals surface area (Å²) >= 11 is 1.63. The third kappa shape index (κ3) is 3.13. The third-order valence-electron chi connectivity index (χ3n) is 1.77. The zero-order valence-electron chi connectivity index (χ0n) is 7.82. The van der Waals surface area contributed by atoms with Gasteiger partial charge in [0.15, 0.2) is 0 Å². The zero-order chi connectivity index (χ0) is 9.68. The Morgan fingerprint density at radius 1 is 1.69 bits per heavy atom. The number of nitriles is 1. The normalized spacial score (nSPS) is 14.8. The van der Waals surface area contributed by atoms with Gasteiger partial charge in [0, 0.05) is 18.1 Å². The molecule has 0 radical (unpaired) electrons. The monoisotopic (exact) mass is 195 g/mol. The van der Waals surface area contributed by atoms with Crippen LogP contribution in [0, 0.1) is 17.2 Å². The maximum absolute atomic E-state index is 8.58. The van der Waals surface area contributed by atoms with Gasteiger partial charge in [0.25, 0.3) is 0 Å². The van der Waals surface area contributed by atoms with Crippen LogP contribution < -0.4 is 5.32 Å². The summed E-state index contributed by atoms with van der Waals surface area (Å²) in [5.41, 5.74) is 0. The molecule has 1 aromatic rings. The minimum Gasteiger partial charge on any atom is -0.307 e. The molecule has 1 N–H and O–H groups in total. The average molecular weight is 195 g/mol. The minimum atomic E-state index is 0.0578. The molecule has 2 unspecified atom stereocenters. The Morgan fingerprint density at radius 2 is 2.46 bits per heavy atom. The first-order valence-corrected chi connectivity index (χ1v) is 5.14. The van der Waals surface area contributed by atoms with Crippen molar-refractivity contribution in [1.29, 1.82) is 5.26 Å². The van der Waals surface area contributed by atoms with Crippen molar-refractivity contribution < 1.29 is 0 Å². The number of nitrogens with one attached hydrogen (secondary N) is 1. The summed E-state index contributed by atoms with van der Waals surface area (Å²) in [5.74, 6) is 0.0578. The molecule has 0 aliphatic heterocycles. The van der Waals surface area contributed by atoms with Gasteiger partial charge in [0.2, 0.25) is 0 Å². The summed E-state index contributed by atoms with van der Waals surface area (Å²) in [6.45, 7) is 4.68. The first-order chi connectivity index (χ1) is 6.24. The number of aromatic nitrogens is 1. The molecule has 13 heavy (non-hydrogen) atoms. The molecule has 3 nitrogen and oxygen atoms in total. The quantitative estimate of drug-likeness (QED) is 0.799. The molecule has 0 spiro atoms. The van der Waals surface area contributed by atoms with E-state index in [9.17, 15) is 0 Å². The second kappa shape index (κ2) is 4.95. The van der Waals surface area contributed by atoms with Crippen molar-refractivity contribution in [3.05, 3.63) is 16.6 Å². The zero-order valence-corrected chi connectivity index (χ0v) is 8.64. The van der Waals surface area contributed by atoms with Crippen molar-refractivity contribution in [2.24, 2.45) is 5.92 Å². The lowest BCUT2D eigenvalue weighted by Crippen LogP contribution is -2.23. The average Bonchev–Trinajstić information content (AvgIpc) is 2.66. The molecule has 0 aromatic carbocycles. The fourth-order valence-corrected chi connectivity index (χ4v) is 1.61. The Bertz CT molecular complexity index is 276. The molecule has 0 aliphatic rings. The number of thiazole rings is 1. The number of rotatable bonds is 4. The van der Waals surface area contributed by atoms with E-state index in [0.29, 0.717) is 0 Å². The third-order valence-corrected chi connectivity index (χ3v) is 2.73. The molecule has 0 bridgehead atoms. The minimum absolute atomic E-state index is 0.0578. The summed E-state index contributed by atoms with van der Waals surface area (Å²) in [6, 6.07) is 2.43. The van der Waals surface area contributed by atoms with Gasteiger partial charge in [0.1, 0.15) is 5.01 Å². The Kier molecular flexibility index (Phi) is 3.87. The molecule has 0 fully saturated rings. The molecular formula is C9H13N3S. The molecule has 0 aliphatic carbocycles. The first-order valence-electron chi connectivity index (χ1n) is 4.26. The molecule has 0 saturated carbocycles. The molecule has 1 rings (SSSR count). The molecular weight excluding hydrogens is 182 g/mol. The van der Waals surface area contributed by atoms with Crippen LogP contribution in [0.1, 0.15) is 24.9 Å². The molecule has 1 heterocycles. The summed E-state index contributed by atoms with van der Waals surface area (Å²) in [6.07, 6.45) is 1.80. The van der Waals surface area contributed by atoms with Gasteiger partial charge in [-0.3, -0.25) is 0 Å². The topological polar surface area (TPSA) is 48.7 Å². The first kappa shape index (κ1) is 10.2. The van der Waals surface area contributed by atoms with Gasteiger partial charge in [-0.15, -0.1) is 11.3 Å². The summed E-state index contributed by atoms with van der Waals surface area (Å²) in [7, 11) is 0. The van der Waals surface area contributed by atoms with Gasteiger partial charge in [-0.25, -0.2) is 4.98 Å². The number of nitrogens with zero attached hydrogens (tertiary/aromatic N) is 2. The van der Waals surface area contributed by atoms with E-state index in [1.54, 1.807) is 17.5 Å². The van der Waals surface area contributed by atoms with Crippen LogP contribution in [0.15, 0.2) is 11.6 Å². The lowest BCUT2D eigenvalue weighted by Gasteiger charge is -2.11. The van der Waals surface area contributed by atoms with Crippen LogP contribution in [0.4, 0.5) is 0 Å². The van der Waals surface area contributed by atoms with E-state index in [2.05, 4.69) is 23.3 Å². The van der Waals surface area contributed by atoms with Crippen molar-refractivity contribution in [3.63, 3.8) is 0 Å². The van der Waals surface area contributed by atoms with Crippen molar-refractivity contribution >= 4 is 11.3 Å². The Hall–Kier alpha value is -0.920. The van der Waals surface area contributed by atoms with Crippen LogP contribution in [-0.4, -0.2) is 11.5 Å². The lowest BCUT2D eigenvalue weighted by atomic mass is 10.2. The molecule has 70 valence electrons. The predicted molar refractivity (Wildman–Crippen MR) is 53.3 cm³/mol. The van der Waals surface area contributed by atoms with Gasteiger partial charge < -0.3 is 5.32 Å². The van der Waals surface area contributed by atoms with Crippen LogP contribution in [0.3, 0.4) is 0 Å². The molecule has 2 atom stereocenters.